The van der Waals surface area contributed by atoms with Crippen molar-refractivity contribution in [3.63, 3.8) is 0 Å². The largest absolute Gasteiger partial charge is 0.477 e. The first-order valence-corrected chi connectivity index (χ1v) is 7.30. The van der Waals surface area contributed by atoms with E-state index >= 15 is 0 Å². The summed E-state index contributed by atoms with van der Waals surface area (Å²) in [5, 5.41) is 10.0. The molecule has 0 bridgehead atoms. The molecule has 1 aromatic heterocycles. The number of sulfonamides is 1. The van der Waals surface area contributed by atoms with Crippen LogP contribution in [-0.2, 0) is 10.0 Å². The van der Waals surface area contributed by atoms with E-state index in [0.717, 1.165) is 17.4 Å². The molecule has 0 aliphatic heterocycles. The lowest BCUT2D eigenvalue weighted by molar-refractivity contribution is 0.0702. The van der Waals surface area contributed by atoms with Crippen molar-refractivity contribution in [2.45, 2.75) is 25.7 Å². The van der Waals surface area contributed by atoms with Crippen molar-refractivity contribution in [2.75, 3.05) is 6.54 Å². The first-order chi connectivity index (χ1) is 7.62. The molecule has 0 aromatic carbocycles. The maximum Gasteiger partial charge on any atom is 0.345 e. The molecule has 0 unspecified atom stereocenters. The molecule has 5 nitrogen and oxygen atoms in total. The molecule has 2 N–H and O–H groups in total. The van der Waals surface area contributed by atoms with Gasteiger partial charge in [0, 0.05) is 11.9 Å². The van der Waals surface area contributed by atoms with Gasteiger partial charge in [-0.3, -0.25) is 0 Å². The van der Waals surface area contributed by atoms with Crippen LogP contribution < -0.4 is 4.72 Å². The Balaban J connectivity index is 2.86. The molecular formula is C10H15NO4S2. The van der Waals surface area contributed by atoms with Gasteiger partial charge in [-0.1, -0.05) is 20.8 Å². The lowest BCUT2D eigenvalue weighted by Crippen LogP contribution is -2.32. The summed E-state index contributed by atoms with van der Waals surface area (Å²) in [4.78, 5) is 10.7. The van der Waals surface area contributed by atoms with Crippen molar-refractivity contribution in [1.82, 2.24) is 4.72 Å². The Morgan fingerprint density at radius 1 is 1.47 bits per heavy atom. The van der Waals surface area contributed by atoms with E-state index in [4.69, 9.17) is 5.11 Å². The molecule has 0 saturated heterocycles. The zero-order valence-corrected chi connectivity index (χ0v) is 11.5. The summed E-state index contributed by atoms with van der Waals surface area (Å²) < 4.78 is 26.1. The van der Waals surface area contributed by atoms with Crippen LogP contribution in [-0.4, -0.2) is 26.0 Å². The van der Waals surface area contributed by atoms with E-state index in [9.17, 15) is 13.2 Å². The number of carbonyl (C=O) groups is 1. The van der Waals surface area contributed by atoms with E-state index in [0.29, 0.717) is 6.54 Å². The second kappa shape index (κ2) is 4.75. The van der Waals surface area contributed by atoms with Gasteiger partial charge in [0.25, 0.3) is 0 Å². The van der Waals surface area contributed by atoms with Gasteiger partial charge < -0.3 is 5.11 Å². The van der Waals surface area contributed by atoms with Crippen molar-refractivity contribution in [3.05, 3.63) is 16.3 Å². The van der Waals surface area contributed by atoms with Crippen molar-refractivity contribution in [1.29, 1.82) is 0 Å². The second-order valence-electron chi connectivity index (χ2n) is 4.84. The van der Waals surface area contributed by atoms with Gasteiger partial charge in [0.05, 0.1) is 4.90 Å². The van der Waals surface area contributed by atoms with Crippen LogP contribution in [0.25, 0.3) is 0 Å². The first-order valence-electron chi connectivity index (χ1n) is 4.93. The number of aromatic carboxylic acids is 1. The Bertz CT molecular complexity index is 511. The lowest BCUT2D eigenvalue weighted by atomic mass is 9.98. The second-order valence-corrected chi connectivity index (χ2v) is 7.52. The normalized spacial score (nSPS) is 12.6. The number of carboxylic acid groups (broad SMARTS) is 1. The van der Waals surface area contributed by atoms with Crippen LogP contribution in [0, 0.1) is 5.41 Å². The number of hydrogen-bond acceptors (Lipinski definition) is 4. The van der Waals surface area contributed by atoms with Crippen LogP contribution in [0.2, 0.25) is 0 Å². The molecule has 0 amide bonds. The molecule has 0 fully saturated rings. The van der Waals surface area contributed by atoms with Gasteiger partial charge in [0.1, 0.15) is 4.88 Å². The average Bonchev–Trinajstić information content (AvgIpc) is 2.63. The van der Waals surface area contributed by atoms with E-state index < -0.39 is 16.0 Å². The van der Waals surface area contributed by atoms with E-state index in [-0.39, 0.29) is 15.2 Å². The molecule has 0 aliphatic rings. The van der Waals surface area contributed by atoms with Gasteiger partial charge in [-0.15, -0.1) is 11.3 Å². The predicted octanol–water partition coefficient (Wildman–Crippen LogP) is 1.77. The smallest absolute Gasteiger partial charge is 0.345 e. The first kappa shape index (κ1) is 14.1. The summed E-state index contributed by atoms with van der Waals surface area (Å²) in [5.41, 5.74) is -0.168. The zero-order chi connectivity index (χ0) is 13.3. The highest BCUT2D eigenvalue weighted by Gasteiger charge is 2.20. The van der Waals surface area contributed by atoms with E-state index in [2.05, 4.69) is 4.72 Å². The molecule has 17 heavy (non-hydrogen) atoms. The number of thiophene rings is 1. The molecular weight excluding hydrogens is 262 g/mol. The molecule has 1 aromatic rings. The van der Waals surface area contributed by atoms with Crippen molar-refractivity contribution >= 4 is 27.3 Å². The number of nitrogens with one attached hydrogen (secondary N) is 1. The Morgan fingerprint density at radius 2 is 2.06 bits per heavy atom. The molecule has 96 valence electrons. The van der Waals surface area contributed by atoms with Crippen LogP contribution in [0.15, 0.2) is 16.3 Å². The van der Waals surface area contributed by atoms with Gasteiger partial charge in [-0.25, -0.2) is 17.9 Å². The molecule has 0 saturated carbocycles. The maximum absolute atomic E-state index is 11.8. The molecule has 7 heteroatoms. The summed E-state index contributed by atoms with van der Waals surface area (Å²) in [6.07, 6.45) is 0. The summed E-state index contributed by atoms with van der Waals surface area (Å²) in [6, 6.07) is 1.16. The molecule has 1 heterocycles. The fraction of sp³-hybridized carbons (Fsp3) is 0.500. The number of rotatable bonds is 4. The third kappa shape index (κ3) is 4.10. The topological polar surface area (TPSA) is 83.5 Å². The van der Waals surface area contributed by atoms with E-state index in [1.54, 1.807) is 0 Å². The maximum atomic E-state index is 11.8. The van der Waals surface area contributed by atoms with Gasteiger partial charge >= 0.3 is 5.97 Å². The Kier molecular flexibility index (Phi) is 3.95. The summed E-state index contributed by atoms with van der Waals surface area (Å²) >= 11 is 0.899. The predicted molar refractivity (Wildman–Crippen MR) is 65.9 cm³/mol. The van der Waals surface area contributed by atoms with Crippen LogP contribution >= 0.6 is 11.3 Å². The lowest BCUT2D eigenvalue weighted by Gasteiger charge is -2.18. The van der Waals surface area contributed by atoms with E-state index in [1.165, 1.54) is 5.38 Å². The summed E-state index contributed by atoms with van der Waals surface area (Å²) in [7, 11) is -3.61. The highest BCUT2D eigenvalue weighted by molar-refractivity contribution is 7.89. The molecule has 0 aliphatic carbocycles. The van der Waals surface area contributed by atoms with Gasteiger partial charge in [-0.05, 0) is 11.5 Å². The van der Waals surface area contributed by atoms with Crippen LogP contribution in [0.5, 0.6) is 0 Å². The average molecular weight is 277 g/mol. The standard InChI is InChI=1S/C10H15NO4S2/c1-10(2,3)6-11-17(14,15)7-4-8(9(12)13)16-5-7/h4-5,11H,6H2,1-3H3,(H,12,13). The third-order valence-corrected chi connectivity index (χ3v) is 4.34. The molecule has 1 rings (SSSR count). The monoisotopic (exact) mass is 277 g/mol. The van der Waals surface area contributed by atoms with Crippen molar-refractivity contribution < 1.29 is 18.3 Å². The van der Waals surface area contributed by atoms with Crippen molar-refractivity contribution in [3.8, 4) is 0 Å². The molecule has 0 atom stereocenters. The Hall–Kier alpha value is -0.920. The number of carboxylic acids is 1. The third-order valence-electron chi connectivity index (χ3n) is 1.89. The zero-order valence-electron chi connectivity index (χ0n) is 9.85. The fourth-order valence-electron chi connectivity index (χ4n) is 0.967. The van der Waals surface area contributed by atoms with Crippen LogP contribution in [0.3, 0.4) is 0 Å². The van der Waals surface area contributed by atoms with E-state index in [1.807, 2.05) is 20.8 Å². The summed E-state index contributed by atoms with van der Waals surface area (Å²) in [5.74, 6) is -1.12. The molecule has 0 spiro atoms. The van der Waals surface area contributed by atoms with Crippen LogP contribution in [0.1, 0.15) is 30.4 Å². The summed E-state index contributed by atoms with van der Waals surface area (Å²) in [6.45, 7) is 6.02. The molecule has 0 radical (unpaired) electrons. The minimum Gasteiger partial charge on any atom is -0.477 e. The minimum absolute atomic E-state index is 0.00384. The fourth-order valence-corrected chi connectivity index (χ4v) is 3.36. The SMILES string of the molecule is CC(C)(C)CNS(=O)(=O)c1csc(C(=O)O)c1. The Morgan fingerprint density at radius 3 is 2.47 bits per heavy atom. The quantitative estimate of drug-likeness (QED) is 0.878. The van der Waals surface area contributed by atoms with Gasteiger partial charge in [-0.2, -0.15) is 0 Å². The highest BCUT2D eigenvalue weighted by Crippen LogP contribution is 2.20. The Labute approximate surface area is 105 Å². The van der Waals surface area contributed by atoms with Crippen LogP contribution in [0.4, 0.5) is 0 Å². The van der Waals surface area contributed by atoms with Crippen molar-refractivity contribution in [2.24, 2.45) is 5.41 Å². The highest BCUT2D eigenvalue weighted by atomic mass is 32.2. The number of hydrogen-bond donors (Lipinski definition) is 2. The minimum atomic E-state index is -3.61. The van der Waals surface area contributed by atoms with Gasteiger partial charge in [0.15, 0.2) is 0 Å². The van der Waals surface area contributed by atoms with Gasteiger partial charge in [0.2, 0.25) is 10.0 Å².